The fraction of sp³-hybridized carbons (Fsp3) is 0.950. The normalized spacial score (nSPS) is 28.1. The summed E-state index contributed by atoms with van der Waals surface area (Å²) in [5, 5.41) is 10.9. The van der Waals surface area contributed by atoms with Gasteiger partial charge >= 0.3 is 5.97 Å². The van der Waals surface area contributed by atoms with Crippen molar-refractivity contribution in [2.24, 2.45) is 5.92 Å². The molecule has 0 amide bonds. The summed E-state index contributed by atoms with van der Waals surface area (Å²) < 4.78 is 11.5. The highest BCUT2D eigenvalue weighted by atomic mass is 28.4. The summed E-state index contributed by atoms with van der Waals surface area (Å²) >= 11 is 0. The maximum absolute atomic E-state index is 12.3. The number of esters is 1. The molecular formula is C20H42O5Si2. The number of methoxy groups -OCH3 is 1. The number of hydrogen-bond donors (Lipinski definition) is 2. The monoisotopic (exact) mass is 418 g/mol. The predicted molar refractivity (Wildman–Crippen MR) is 115 cm³/mol. The van der Waals surface area contributed by atoms with E-state index < -0.39 is 28.2 Å². The van der Waals surface area contributed by atoms with E-state index in [1.807, 2.05) is 13.1 Å². The Kier molecular flexibility index (Phi) is 7.26. The number of ether oxygens (including phenoxy) is 1. The summed E-state index contributed by atoms with van der Waals surface area (Å²) in [5.41, 5.74) is -1.51. The van der Waals surface area contributed by atoms with Gasteiger partial charge in [0.25, 0.3) is 0 Å². The lowest BCUT2D eigenvalue weighted by atomic mass is 9.73. The third-order valence-corrected chi connectivity index (χ3v) is 15.1. The fourth-order valence-corrected chi connectivity index (χ4v) is 5.80. The van der Waals surface area contributed by atoms with Gasteiger partial charge in [-0.1, -0.05) is 34.6 Å². The van der Waals surface area contributed by atoms with E-state index in [0.29, 0.717) is 6.42 Å². The van der Waals surface area contributed by atoms with E-state index in [2.05, 4.69) is 47.7 Å². The number of aliphatic hydroxyl groups is 1. The first-order valence-corrected chi connectivity index (χ1v) is 15.9. The molecule has 1 unspecified atom stereocenters. The summed E-state index contributed by atoms with van der Waals surface area (Å²) in [6, 6.07) is 0. The van der Waals surface area contributed by atoms with Gasteiger partial charge in [-0.15, -0.1) is 0 Å². The van der Waals surface area contributed by atoms with Gasteiger partial charge in [-0.3, -0.25) is 0 Å². The highest BCUT2D eigenvalue weighted by molar-refractivity contribution is 6.74. The molecule has 0 spiro atoms. The van der Waals surface area contributed by atoms with Gasteiger partial charge in [-0.25, -0.2) is 4.79 Å². The molecule has 3 atom stereocenters. The highest BCUT2D eigenvalue weighted by Crippen LogP contribution is 2.48. The van der Waals surface area contributed by atoms with Crippen LogP contribution >= 0.6 is 0 Å². The second kappa shape index (κ2) is 7.90. The molecule has 0 heterocycles. The minimum atomic E-state index is -2.38. The van der Waals surface area contributed by atoms with Gasteiger partial charge in [0.05, 0.1) is 7.11 Å². The first kappa shape index (κ1) is 24.8. The standard InChI is InChI=1S/C20H42O5Si2/c1-18(2,3)27(9,10)25-16-11-15(12-19(4,5)26(7,8)23)13-20(22,14-16)17(21)24-6/h15-16,22-23H,11-14H2,1-10H3/t15?,16-,20-/m0/s1. The zero-order chi connectivity index (χ0) is 21.5. The lowest BCUT2D eigenvalue weighted by Gasteiger charge is -2.47. The molecule has 0 aromatic heterocycles. The molecule has 7 heteroatoms. The smallest absolute Gasteiger partial charge is 0.337 e. The van der Waals surface area contributed by atoms with Crippen LogP contribution in [-0.4, -0.2) is 51.3 Å². The Balaban J connectivity index is 3.11. The minimum absolute atomic E-state index is 0.0581. The summed E-state index contributed by atoms with van der Waals surface area (Å²) in [6.45, 7) is 19.0. The van der Waals surface area contributed by atoms with E-state index in [1.54, 1.807) is 0 Å². The molecule has 0 aromatic carbocycles. The van der Waals surface area contributed by atoms with Crippen LogP contribution in [0.3, 0.4) is 0 Å². The molecule has 0 aromatic rings. The lowest BCUT2D eigenvalue weighted by Crippen LogP contribution is -2.53. The van der Waals surface area contributed by atoms with Crippen LogP contribution in [-0.2, 0) is 14.0 Å². The Labute approximate surface area is 168 Å². The minimum Gasteiger partial charge on any atom is -0.467 e. The van der Waals surface area contributed by atoms with Crippen LogP contribution in [0.5, 0.6) is 0 Å². The van der Waals surface area contributed by atoms with E-state index in [1.165, 1.54) is 7.11 Å². The Bertz CT molecular complexity index is 495. The maximum Gasteiger partial charge on any atom is 0.337 e. The second-order valence-electron chi connectivity index (χ2n) is 11.2. The van der Waals surface area contributed by atoms with Gasteiger partial charge < -0.3 is 19.1 Å². The van der Waals surface area contributed by atoms with Gasteiger partial charge in [0.15, 0.2) is 22.2 Å². The SMILES string of the molecule is COC(=O)[C@]1(O)CC(CC(C)(C)[Si](C)(C)O)C[C@H](O[Si](C)(C)C(C)(C)C)C1. The predicted octanol–water partition coefficient (Wildman–Crippen LogP) is 4.45. The average molecular weight is 419 g/mol. The van der Waals surface area contributed by atoms with Crippen molar-refractivity contribution in [1.82, 2.24) is 0 Å². The van der Waals surface area contributed by atoms with Crippen LogP contribution in [0.15, 0.2) is 0 Å². The van der Waals surface area contributed by atoms with E-state index in [4.69, 9.17) is 9.16 Å². The molecule has 1 fully saturated rings. The molecule has 1 aliphatic carbocycles. The first-order chi connectivity index (χ1) is 11.8. The van der Waals surface area contributed by atoms with Crippen LogP contribution in [0.1, 0.15) is 60.3 Å². The third-order valence-electron chi connectivity index (χ3n) is 7.08. The molecule has 2 N–H and O–H groups in total. The number of hydrogen-bond acceptors (Lipinski definition) is 5. The Hall–Kier alpha value is -0.216. The topological polar surface area (TPSA) is 76.0 Å². The van der Waals surface area contributed by atoms with Gasteiger partial charge in [0, 0.05) is 12.5 Å². The Morgan fingerprint density at radius 2 is 1.63 bits per heavy atom. The molecule has 1 rings (SSSR count). The molecule has 1 saturated carbocycles. The van der Waals surface area contributed by atoms with Gasteiger partial charge in [0.1, 0.15) is 0 Å². The van der Waals surface area contributed by atoms with Gasteiger partial charge in [-0.05, 0) is 61.4 Å². The van der Waals surface area contributed by atoms with E-state index >= 15 is 0 Å². The second-order valence-corrected chi connectivity index (χ2v) is 20.4. The van der Waals surface area contributed by atoms with Crippen molar-refractivity contribution in [3.05, 3.63) is 0 Å². The zero-order valence-corrected chi connectivity index (χ0v) is 21.1. The van der Waals surface area contributed by atoms with Crippen LogP contribution in [0.25, 0.3) is 0 Å². The highest BCUT2D eigenvalue weighted by Gasteiger charge is 2.51. The summed E-state index contributed by atoms with van der Waals surface area (Å²) in [7, 11) is -3.09. The van der Waals surface area contributed by atoms with E-state index in [0.717, 1.165) is 12.8 Å². The third kappa shape index (κ3) is 5.88. The van der Waals surface area contributed by atoms with Crippen LogP contribution in [0.4, 0.5) is 0 Å². The number of carbonyl (C=O) groups is 1. The summed E-state index contributed by atoms with van der Waals surface area (Å²) in [5.74, 6) is -0.471. The molecule has 5 nitrogen and oxygen atoms in total. The van der Waals surface area contributed by atoms with Crippen molar-refractivity contribution in [2.75, 3.05) is 7.11 Å². The van der Waals surface area contributed by atoms with Gasteiger partial charge in [0.2, 0.25) is 0 Å². The largest absolute Gasteiger partial charge is 0.467 e. The summed E-state index contributed by atoms with van der Waals surface area (Å²) in [4.78, 5) is 23.0. The molecule has 0 bridgehead atoms. The molecular weight excluding hydrogens is 376 g/mol. The zero-order valence-electron chi connectivity index (χ0n) is 19.1. The van der Waals surface area contributed by atoms with Crippen LogP contribution < -0.4 is 0 Å². The van der Waals surface area contributed by atoms with Crippen molar-refractivity contribution >= 4 is 22.6 Å². The molecule has 0 radical (unpaired) electrons. The summed E-state index contributed by atoms with van der Waals surface area (Å²) in [6.07, 6.45) is 2.04. The molecule has 27 heavy (non-hydrogen) atoms. The van der Waals surface area contributed by atoms with Crippen molar-refractivity contribution in [3.8, 4) is 0 Å². The van der Waals surface area contributed by atoms with Crippen molar-refractivity contribution in [3.63, 3.8) is 0 Å². The lowest BCUT2D eigenvalue weighted by molar-refractivity contribution is -0.172. The van der Waals surface area contributed by atoms with Crippen molar-refractivity contribution in [1.29, 1.82) is 0 Å². The van der Waals surface area contributed by atoms with Crippen LogP contribution in [0, 0.1) is 5.92 Å². The Morgan fingerprint density at radius 1 is 1.11 bits per heavy atom. The molecule has 0 aliphatic heterocycles. The number of rotatable bonds is 6. The molecule has 160 valence electrons. The average Bonchev–Trinajstić information content (AvgIpc) is 2.42. The first-order valence-electron chi connectivity index (χ1n) is 10.1. The molecule has 1 aliphatic rings. The van der Waals surface area contributed by atoms with E-state index in [-0.39, 0.29) is 28.5 Å². The molecule has 0 saturated heterocycles. The number of carbonyl (C=O) groups excluding carboxylic acids is 1. The quantitative estimate of drug-likeness (QED) is 0.492. The van der Waals surface area contributed by atoms with E-state index in [9.17, 15) is 14.7 Å². The fourth-order valence-electron chi connectivity index (χ4n) is 3.64. The maximum atomic E-state index is 12.3. The van der Waals surface area contributed by atoms with Gasteiger partial charge in [-0.2, -0.15) is 0 Å². The van der Waals surface area contributed by atoms with Crippen molar-refractivity contribution in [2.45, 2.75) is 108 Å². The van der Waals surface area contributed by atoms with Crippen molar-refractivity contribution < 1.29 is 23.9 Å². The Morgan fingerprint density at radius 3 is 2.04 bits per heavy atom. The van der Waals surface area contributed by atoms with Crippen LogP contribution in [0.2, 0.25) is 36.3 Å².